The molecule has 0 aliphatic heterocycles. The molecule has 1 heterocycles. The predicted octanol–water partition coefficient (Wildman–Crippen LogP) is 3.43. The SMILES string of the molecule is C=CCn1c(C)nnc1SCC(=O)Nc1ccc(C(F)(F)F)cc1[N+](=O)[O-]. The van der Waals surface area contributed by atoms with Crippen molar-refractivity contribution in [2.24, 2.45) is 0 Å². The van der Waals surface area contributed by atoms with E-state index >= 15 is 0 Å². The minimum Gasteiger partial charge on any atom is -0.320 e. The van der Waals surface area contributed by atoms with Gasteiger partial charge in [0.2, 0.25) is 5.91 Å². The van der Waals surface area contributed by atoms with Crippen LogP contribution in [0.25, 0.3) is 0 Å². The number of rotatable bonds is 7. The van der Waals surface area contributed by atoms with Gasteiger partial charge in [-0.1, -0.05) is 17.8 Å². The first-order chi connectivity index (χ1) is 12.6. The van der Waals surface area contributed by atoms with Gasteiger partial charge >= 0.3 is 6.18 Å². The summed E-state index contributed by atoms with van der Waals surface area (Å²) >= 11 is 1.04. The number of benzene rings is 1. The standard InChI is InChI=1S/C15H14F3N5O3S/c1-3-6-22-9(2)20-21-14(22)27-8-13(24)19-11-5-4-10(15(16,17)18)7-12(11)23(25)26/h3-5,7H,1,6,8H2,2H3,(H,19,24). The van der Waals surface area contributed by atoms with E-state index in [1.165, 1.54) is 0 Å². The Hall–Kier alpha value is -2.89. The summed E-state index contributed by atoms with van der Waals surface area (Å²) in [6, 6.07) is 1.90. The molecular weight excluding hydrogens is 387 g/mol. The molecule has 0 radical (unpaired) electrons. The smallest absolute Gasteiger partial charge is 0.320 e. The first-order valence-corrected chi connectivity index (χ1v) is 8.41. The van der Waals surface area contributed by atoms with Crippen LogP contribution in [0, 0.1) is 17.0 Å². The van der Waals surface area contributed by atoms with E-state index in [-0.39, 0.29) is 11.4 Å². The second-order valence-electron chi connectivity index (χ2n) is 5.25. The highest BCUT2D eigenvalue weighted by atomic mass is 32.2. The van der Waals surface area contributed by atoms with Crippen molar-refractivity contribution in [3.05, 3.63) is 52.4 Å². The lowest BCUT2D eigenvalue weighted by Gasteiger charge is -2.10. The molecule has 0 atom stereocenters. The fourth-order valence-electron chi connectivity index (χ4n) is 2.09. The Labute approximate surface area is 155 Å². The molecular formula is C15H14F3N5O3S. The Morgan fingerprint density at radius 2 is 2.15 bits per heavy atom. The normalized spacial score (nSPS) is 11.3. The molecule has 0 saturated heterocycles. The Morgan fingerprint density at radius 3 is 2.74 bits per heavy atom. The van der Waals surface area contributed by atoms with Crippen molar-refractivity contribution in [3.63, 3.8) is 0 Å². The number of aryl methyl sites for hydroxylation is 1. The Bertz CT molecular complexity index is 882. The Balaban J connectivity index is 2.12. The zero-order valence-corrected chi connectivity index (χ0v) is 14.8. The van der Waals surface area contributed by atoms with E-state index in [9.17, 15) is 28.1 Å². The van der Waals surface area contributed by atoms with Crippen LogP contribution in [0.4, 0.5) is 24.5 Å². The number of allylic oxidation sites excluding steroid dienone is 1. The zero-order valence-electron chi connectivity index (χ0n) is 14.0. The van der Waals surface area contributed by atoms with Crippen LogP contribution >= 0.6 is 11.8 Å². The molecule has 0 saturated carbocycles. The van der Waals surface area contributed by atoms with E-state index in [0.717, 1.165) is 17.8 Å². The number of nitrogens with zero attached hydrogens (tertiary/aromatic N) is 4. The molecule has 0 spiro atoms. The van der Waals surface area contributed by atoms with E-state index in [0.29, 0.717) is 29.7 Å². The van der Waals surface area contributed by atoms with Crippen molar-refractivity contribution in [2.45, 2.75) is 24.8 Å². The van der Waals surface area contributed by atoms with Crippen LogP contribution in [-0.2, 0) is 17.5 Å². The van der Waals surface area contributed by atoms with Gasteiger partial charge in [0.05, 0.1) is 16.2 Å². The molecule has 0 aliphatic rings. The second-order valence-corrected chi connectivity index (χ2v) is 6.20. The number of alkyl halides is 3. The van der Waals surface area contributed by atoms with Gasteiger partial charge in [-0.15, -0.1) is 16.8 Å². The monoisotopic (exact) mass is 401 g/mol. The van der Waals surface area contributed by atoms with Crippen LogP contribution in [-0.4, -0.2) is 31.3 Å². The van der Waals surface area contributed by atoms with Crippen molar-refractivity contribution in [3.8, 4) is 0 Å². The number of nitro groups is 1. The number of hydrogen-bond donors (Lipinski definition) is 1. The number of nitrogens with one attached hydrogen (secondary N) is 1. The molecule has 0 unspecified atom stereocenters. The number of anilines is 1. The van der Waals surface area contributed by atoms with Gasteiger partial charge in [-0.05, 0) is 19.1 Å². The minimum atomic E-state index is -4.73. The maximum absolute atomic E-state index is 12.7. The number of aromatic nitrogens is 3. The third kappa shape index (κ3) is 5.06. The summed E-state index contributed by atoms with van der Waals surface area (Å²) in [5, 5.41) is 21.5. The number of carbonyl (C=O) groups excluding carboxylic acids is 1. The zero-order chi connectivity index (χ0) is 20.2. The van der Waals surface area contributed by atoms with Crippen LogP contribution in [0.5, 0.6) is 0 Å². The van der Waals surface area contributed by atoms with Crippen LogP contribution in [0.2, 0.25) is 0 Å². The lowest BCUT2D eigenvalue weighted by molar-refractivity contribution is -0.384. The third-order valence-corrected chi connectivity index (χ3v) is 4.31. The molecule has 1 aromatic heterocycles. The summed E-state index contributed by atoms with van der Waals surface area (Å²) in [6.45, 7) is 5.78. The molecule has 0 aliphatic carbocycles. The minimum absolute atomic E-state index is 0.159. The van der Waals surface area contributed by atoms with Gasteiger partial charge in [-0.2, -0.15) is 13.2 Å². The highest BCUT2D eigenvalue weighted by molar-refractivity contribution is 7.99. The highest BCUT2D eigenvalue weighted by Crippen LogP contribution is 2.35. The molecule has 27 heavy (non-hydrogen) atoms. The summed E-state index contributed by atoms with van der Waals surface area (Å²) in [6.07, 6.45) is -3.09. The van der Waals surface area contributed by atoms with Gasteiger partial charge in [-0.25, -0.2) is 0 Å². The van der Waals surface area contributed by atoms with Gasteiger partial charge < -0.3 is 9.88 Å². The largest absolute Gasteiger partial charge is 0.416 e. The Morgan fingerprint density at radius 1 is 1.44 bits per heavy atom. The average molecular weight is 401 g/mol. The maximum atomic E-state index is 12.7. The van der Waals surface area contributed by atoms with E-state index in [4.69, 9.17) is 0 Å². The summed E-state index contributed by atoms with van der Waals surface area (Å²) < 4.78 is 39.8. The average Bonchev–Trinajstić information content (AvgIpc) is 2.93. The summed E-state index contributed by atoms with van der Waals surface area (Å²) in [5.41, 5.74) is -2.33. The molecule has 0 fully saturated rings. The molecule has 1 aromatic carbocycles. The first kappa shape index (κ1) is 20.4. The number of hydrogen-bond acceptors (Lipinski definition) is 6. The van der Waals surface area contributed by atoms with E-state index in [1.807, 2.05) is 0 Å². The lowest BCUT2D eigenvalue weighted by atomic mass is 10.1. The van der Waals surface area contributed by atoms with Gasteiger partial charge in [0.1, 0.15) is 11.5 Å². The number of nitro benzene ring substituents is 1. The van der Waals surface area contributed by atoms with Crippen molar-refractivity contribution in [2.75, 3.05) is 11.1 Å². The van der Waals surface area contributed by atoms with E-state index in [1.54, 1.807) is 17.6 Å². The Kier molecular flexibility index (Phi) is 6.20. The fourth-order valence-corrected chi connectivity index (χ4v) is 2.88. The van der Waals surface area contributed by atoms with Crippen molar-refractivity contribution < 1.29 is 22.9 Å². The first-order valence-electron chi connectivity index (χ1n) is 7.42. The number of carbonyl (C=O) groups is 1. The fraction of sp³-hybridized carbons (Fsp3) is 0.267. The number of halogens is 3. The lowest BCUT2D eigenvalue weighted by Crippen LogP contribution is -2.16. The molecule has 8 nitrogen and oxygen atoms in total. The van der Waals surface area contributed by atoms with E-state index in [2.05, 4.69) is 22.1 Å². The molecule has 1 amide bonds. The van der Waals surface area contributed by atoms with Crippen LogP contribution < -0.4 is 5.32 Å². The molecule has 2 aromatic rings. The second kappa shape index (κ2) is 8.20. The van der Waals surface area contributed by atoms with Gasteiger partial charge in [-0.3, -0.25) is 14.9 Å². The van der Waals surface area contributed by atoms with Crippen LogP contribution in [0.15, 0.2) is 36.0 Å². The third-order valence-electron chi connectivity index (χ3n) is 3.34. The van der Waals surface area contributed by atoms with Crippen molar-refractivity contribution in [1.82, 2.24) is 14.8 Å². The highest BCUT2D eigenvalue weighted by Gasteiger charge is 2.33. The maximum Gasteiger partial charge on any atom is 0.416 e. The molecule has 144 valence electrons. The quantitative estimate of drug-likeness (QED) is 0.330. The van der Waals surface area contributed by atoms with Crippen molar-refractivity contribution >= 4 is 29.0 Å². The van der Waals surface area contributed by atoms with Crippen LogP contribution in [0.3, 0.4) is 0 Å². The topological polar surface area (TPSA) is 103 Å². The summed E-state index contributed by atoms with van der Waals surface area (Å²) in [4.78, 5) is 22.1. The number of thioether (sulfide) groups is 1. The van der Waals surface area contributed by atoms with Crippen LogP contribution in [0.1, 0.15) is 11.4 Å². The number of amides is 1. The molecule has 1 N–H and O–H groups in total. The van der Waals surface area contributed by atoms with Gasteiger partial charge in [0.25, 0.3) is 5.69 Å². The molecule has 2 rings (SSSR count). The molecule has 0 bridgehead atoms. The van der Waals surface area contributed by atoms with Crippen molar-refractivity contribution in [1.29, 1.82) is 0 Å². The summed E-state index contributed by atoms with van der Waals surface area (Å²) in [7, 11) is 0. The molecule has 12 heteroatoms. The van der Waals surface area contributed by atoms with E-state index < -0.39 is 28.3 Å². The predicted molar refractivity (Wildman–Crippen MR) is 92.4 cm³/mol. The summed E-state index contributed by atoms with van der Waals surface area (Å²) in [5.74, 6) is -0.169. The van der Waals surface area contributed by atoms with Gasteiger partial charge in [0, 0.05) is 12.6 Å². The van der Waals surface area contributed by atoms with Gasteiger partial charge in [0.15, 0.2) is 5.16 Å².